The van der Waals surface area contributed by atoms with E-state index in [1.807, 2.05) is 42.2 Å². The summed E-state index contributed by atoms with van der Waals surface area (Å²) in [6, 6.07) is 16.8. The van der Waals surface area contributed by atoms with Crippen molar-refractivity contribution in [3.05, 3.63) is 92.6 Å². The molecule has 1 N–H and O–H groups in total. The van der Waals surface area contributed by atoms with E-state index in [2.05, 4.69) is 4.98 Å². The van der Waals surface area contributed by atoms with Gasteiger partial charge in [-0.25, -0.2) is 19.6 Å². The summed E-state index contributed by atoms with van der Waals surface area (Å²) in [5.74, 6) is 1.14. The molecule has 0 spiro atoms. The third-order valence-electron chi connectivity index (χ3n) is 4.17. The van der Waals surface area contributed by atoms with Crippen molar-refractivity contribution in [2.45, 2.75) is 20.1 Å². The molecule has 0 unspecified atom stereocenters. The van der Waals surface area contributed by atoms with Gasteiger partial charge in [-0.3, -0.25) is 0 Å². The van der Waals surface area contributed by atoms with Gasteiger partial charge in [0.1, 0.15) is 23.8 Å². The third-order valence-corrected chi connectivity index (χ3v) is 4.17. The first-order valence-corrected chi connectivity index (χ1v) is 8.62. The maximum absolute atomic E-state index is 11.5. The highest BCUT2D eigenvalue weighted by Crippen LogP contribution is 2.22. The summed E-state index contributed by atoms with van der Waals surface area (Å²) in [5, 5.41) is 0. The number of oxazole rings is 1. The van der Waals surface area contributed by atoms with Crippen molar-refractivity contribution in [1.29, 1.82) is 0 Å². The number of aryl methyl sites for hydroxylation is 1. The van der Waals surface area contributed by atoms with Gasteiger partial charge < -0.3 is 13.7 Å². The molecule has 142 valence electrons. The van der Waals surface area contributed by atoms with E-state index in [1.54, 1.807) is 24.3 Å². The Morgan fingerprint density at radius 2 is 1.82 bits per heavy atom. The SMILES string of the molecule is Cc1oc(-c2ccccc2)nc1COc1ccc(Cn2oc(=O)[nH]c2=O)cc1. The van der Waals surface area contributed by atoms with Crippen LogP contribution in [0, 0.1) is 6.92 Å². The van der Waals surface area contributed by atoms with Gasteiger partial charge in [0.2, 0.25) is 5.89 Å². The molecule has 0 radical (unpaired) electrons. The van der Waals surface area contributed by atoms with E-state index in [0.29, 0.717) is 17.4 Å². The Bertz CT molecular complexity index is 1180. The summed E-state index contributed by atoms with van der Waals surface area (Å²) in [7, 11) is 0. The number of aromatic amines is 1. The van der Waals surface area contributed by atoms with Crippen LogP contribution in [0.1, 0.15) is 17.0 Å². The summed E-state index contributed by atoms with van der Waals surface area (Å²) in [6.07, 6.45) is 0. The molecule has 8 nitrogen and oxygen atoms in total. The van der Waals surface area contributed by atoms with Crippen molar-refractivity contribution in [2.24, 2.45) is 0 Å². The maximum Gasteiger partial charge on any atom is 0.440 e. The van der Waals surface area contributed by atoms with Crippen molar-refractivity contribution >= 4 is 0 Å². The lowest BCUT2D eigenvalue weighted by atomic mass is 10.2. The molecule has 2 aromatic heterocycles. The van der Waals surface area contributed by atoms with Gasteiger partial charge in [0.25, 0.3) is 0 Å². The van der Waals surface area contributed by atoms with Crippen LogP contribution in [-0.4, -0.2) is 14.7 Å². The molecule has 8 heteroatoms. The second-order valence-corrected chi connectivity index (χ2v) is 6.17. The minimum Gasteiger partial charge on any atom is -0.487 e. The second kappa shape index (κ2) is 7.43. The molecule has 0 fully saturated rings. The van der Waals surface area contributed by atoms with Crippen molar-refractivity contribution in [1.82, 2.24) is 14.7 Å². The molecule has 0 aliphatic rings. The van der Waals surface area contributed by atoms with E-state index in [4.69, 9.17) is 13.7 Å². The molecule has 0 saturated heterocycles. The van der Waals surface area contributed by atoms with E-state index in [-0.39, 0.29) is 13.2 Å². The van der Waals surface area contributed by atoms with Gasteiger partial charge in [0.15, 0.2) is 0 Å². The smallest absolute Gasteiger partial charge is 0.440 e. The topological polar surface area (TPSA) is 103 Å². The predicted octanol–water partition coefficient (Wildman–Crippen LogP) is 2.72. The lowest BCUT2D eigenvalue weighted by Crippen LogP contribution is -2.17. The first kappa shape index (κ1) is 17.6. The molecule has 4 aromatic rings. The molecule has 2 heterocycles. The molecule has 28 heavy (non-hydrogen) atoms. The molecular formula is C20H17N3O5. The van der Waals surface area contributed by atoms with Crippen LogP contribution < -0.4 is 16.2 Å². The van der Waals surface area contributed by atoms with Gasteiger partial charge in [0.05, 0.1) is 6.54 Å². The Balaban J connectivity index is 1.41. The van der Waals surface area contributed by atoms with E-state index in [9.17, 15) is 9.59 Å². The molecule has 0 amide bonds. The summed E-state index contributed by atoms with van der Waals surface area (Å²) >= 11 is 0. The highest BCUT2D eigenvalue weighted by molar-refractivity contribution is 5.53. The monoisotopic (exact) mass is 379 g/mol. The predicted molar refractivity (Wildman–Crippen MR) is 100 cm³/mol. The summed E-state index contributed by atoms with van der Waals surface area (Å²) in [6.45, 7) is 2.28. The summed E-state index contributed by atoms with van der Waals surface area (Å²) < 4.78 is 17.2. The van der Waals surface area contributed by atoms with Crippen LogP contribution in [-0.2, 0) is 13.2 Å². The van der Waals surface area contributed by atoms with Crippen LogP contribution in [0.3, 0.4) is 0 Å². The van der Waals surface area contributed by atoms with Gasteiger partial charge >= 0.3 is 11.4 Å². The Kier molecular flexibility index (Phi) is 4.67. The fraction of sp³-hybridized carbons (Fsp3) is 0.150. The number of nitrogens with one attached hydrogen (secondary N) is 1. The molecule has 0 aliphatic heterocycles. The van der Waals surface area contributed by atoms with E-state index in [0.717, 1.165) is 21.6 Å². The minimum atomic E-state index is -0.775. The van der Waals surface area contributed by atoms with Crippen LogP contribution in [0.25, 0.3) is 11.5 Å². The lowest BCUT2D eigenvalue weighted by molar-refractivity contribution is 0.258. The number of H-pyrrole nitrogens is 1. The van der Waals surface area contributed by atoms with Crippen LogP contribution in [0.5, 0.6) is 5.75 Å². The Hall–Kier alpha value is -3.81. The van der Waals surface area contributed by atoms with Crippen LogP contribution in [0.15, 0.2) is 73.1 Å². The van der Waals surface area contributed by atoms with Crippen LogP contribution in [0.4, 0.5) is 0 Å². The van der Waals surface area contributed by atoms with Gasteiger partial charge in [-0.15, -0.1) is 4.74 Å². The average Bonchev–Trinajstić information content (AvgIpc) is 3.23. The highest BCUT2D eigenvalue weighted by atomic mass is 16.5. The Morgan fingerprint density at radius 1 is 1.07 bits per heavy atom. The van der Waals surface area contributed by atoms with Crippen molar-refractivity contribution in [3.8, 4) is 17.2 Å². The molecule has 0 atom stereocenters. The Morgan fingerprint density at radius 3 is 2.50 bits per heavy atom. The van der Waals surface area contributed by atoms with Gasteiger partial charge in [0, 0.05) is 5.56 Å². The number of hydrogen-bond donors (Lipinski definition) is 1. The summed E-state index contributed by atoms with van der Waals surface area (Å²) in [4.78, 5) is 29.0. The zero-order valence-corrected chi connectivity index (χ0v) is 15.0. The number of hydrogen-bond acceptors (Lipinski definition) is 6. The van der Waals surface area contributed by atoms with Crippen molar-refractivity contribution in [2.75, 3.05) is 0 Å². The molecule has 0 saturated carbocycles. The highest BCUT2D eigenvalue weighted by Gasteiger charge is 2.12. The van der Waals surface area contributed by atoms with Crippen LogP contribution >= 0.6 is 0 Å². The molecule has 0 bridgehead atoms. The van der Waals surface area contributed by atoms with Crippen LogP contribution in [0.2, 0.25) is 0 Å². The zero-order valence-electron chi connectivity index (χ0n) is 15.0. The van der Waals surface area contributed by atoms with E-state index < -0.39 is 11.4 Å². The first-order valence-electron chi connectivity index (χ1n) is 8.62. The zero-order chi connectivity index (χ0) is 19.5. The number of nitrogens with zero attached hydrogens (tertiary/aromatic N) is 2. The fourth-order valence-corrected chi connectivity index (χ4v) is 2.69. The van der Waals surface area contributed by atoms with Crippen molar-refractivity contribution < 1.29 is 13.7 Å². The fourth-order valence-electron chi connectivity index (χ4n) is 2.69. The second-order valence-electron chi connectivity index (χ2n) is 6.17. The van der Waals surface area contributed by atoms with E-state index >= 15 is 0 Å². The lowest BCUT2D eigenvalue weighted by Gasteiger charge is -2.06. The number of rotatable bonds is 6. The van der Waals surface area contributed by atoms with Gasteiger partial charge in [-0.2, -0.15) is 0 Å². The molecule has 2 aromatic carbocycles. The van der Waals surface area contributed by atoms with Gasteiger partial charge in [-0.1, -0.05) is 30.3 Å². The Labute approximate surface area is 159 Å². The largest absolute Gasteiger partial charge is 0.487 e. The number of benzene rings is 2. The first-order chi connectivity index (χ1) is 13.6. The van der Waals surface area contributed by atoms with Gasteiger partial charge in [-0.05, 0) is 36.8 Å². The van der Waals surface area contributed by atoms with Crippen molar-refractivity contribution in [3.63, 3.8) is 0 Å². The molecular weight excluding hydrogens is 362 g/mol. The van der Waals surface area contributed by atoms with E-state index in [1.165, 1.54) is 0 Å². The number of ether oxygens (including phenoxy) is 1. The quantitative estimate of drug-likeness (QED) is 0.552. The third kappa shape index (κ3) is 3.80. The molecule has 0 aliphatic carbocycles. The minimum absolute atomic E-state index is 0.153. The maximum atomic E-state index is 11.5. The molecule has 4 rings (SSSR count). The normalized spacial score (nSPS) is 10.9. The standard InChI is InChI=1S/C20H17N3O5/c1-13-17(21-18(27-13)15-5-3-2-4-6-15)12-26-16-9-7-14(8-10-16)11-23-19(24)22-20(25)28-23/h2-10H,11-12H2,1H3,(H,22,24,25). The summed E-state index contributed by atoms with van der Waals surface area (Å²) in [5.41, 5.74) is 1.85. The number of aromatic nitrogens is 3. The average molecular weight is 379 g/mol.